The molecular formula is C22H23N3O2S. The van der Waals surface area contributed by atoms with Crippen LogP contribution in [0.5, 0.6) is 0 Å². The number of thioether (sulfide) groups is 1. The highest BCUT2D eigenvalue weighted by Crippen LogP contribution is 2.27. The molecule has 0 aliphatic carbocycles. The third-order valence-corrected chi connectivity index (χ3v) is 6.19. The largest absolute Gasteiger partial charge is 0.342 e. The zero-order valence-electron chi connectivity index (χ0n) is 16.1. The van der Waals surface area contributed by atoms with Gasteiger partial charge in [0.05, 0.1) is 21.8 Å². The van der Waals surface area contributed by atoms with Crippen molar-refractivity contribution in [3.63, 3.8) is 0 Å². The van der Waals surface area contributed by atoms with Crippen molar-refractivity contribution in [2.45, 2.75) is 37.1 Å². The van der Waals surface area contributed by atoms with Gasteiger partial charge in [-0.15, -0.1) is 0 Å². The number of para-hydroxylation sites is 2. The lowest BCUT2D eigenvalue weighted by atomic mass is 10.2. The molecule has 1 unspecified atom stereocenters. The van der Waals surface area contributed by atoms with Gasteiger partial charge in [-0.3, -0.25) is 14.2 Å². The van der Waals surface area contributed by atoms with Gasteiger partial charge in [0, 0.05) is 13.1 Å². The predicted octanol–water partition coefficient (Wildman–Crippen LogP) is 3.80. The van der Waals surface area contributed by atoms with E-state index in [-0.39, 0.29) is 16.7 Å². The van der Waals surface area contributed by atoms with E-state index >= 15 is 0 Å². The lowest BCUT2D eigenvalue weighted by Crippen LogP contribution is -2.34. The zero-order chi connectivity index (χ0) is 19.7. The molecule has 1 aromatic heterocycles. The molecule has 1 aliphatic rings. The second-order valence-electron chi connectivity index (χ2n) is 7.13. The first-order valence-electron chi connectivity index (χ1n) is 9.59. The van der Waals surface area contributed by atoms with Gasteiger partial charge in [-0.1, -0.05) is 42.1 Å². The van der Waals surface area contributed by atoms with Crippen LogP contribution in [-0.2, 0) is 4.79 Å². The highest BCUT2D eigenvalue weighted by Gasteiger charge is 2.26. The number of aromatic nitrogens is 2. The standard InChI is InChI=1S/C22H23N3O2S/c1-15-9-3-6-12-19(15)25-21(27)17-10-4-5-11-18(17)23-22(25)28-16(2)20(26)24-13-7-8-14-24/h3-6,9-12,16H,7-8,13-14H2,1-2H3. The van der Waals surface area contributed by atoms with Crippen molar-refractivity contribution in [2.75, 3.05) is 13.1 Å². The number of hydrogen-bond donors (Lipinski definition) is 0. The van der Waals surface area contributed by atoms with E-state index in [2.05, 4.69) is 0 Å². The molecule has 3 aromatic rings. The molecule has 0 radical (unpaired) electrons. The van der Waals surface area contributed by atoms with E-state index in [1.54, 1.807) is 10.6 Å². The van der Waals surface area contributed by atoms with Crippen LogP contribution >= 0.6 is 11.8 Å². The molecule has 1 amide bonds. The molecule has 1 aliphatic heterocycles. The molecule has 1 atom stereocenters. The molecule has 0 N–H and O–H groups in total. The minimum absolute atomic E-state index is 0.108. The highest BCUT2D eigenvalue weighted by molar-refractivity contribution is 8.00. The summed E-state index contributed by atoms with van der Waals surface area (Å²) in [5.41, 5.74) is 2.33. The van der Waals surface area contributed by atoms with Crippen molar-refractivity contribution in [2.24, 2.45) is 0 Å². The van der Waals surface area contributed by atoms with Gasteiger partial charge < -0.3 is 4.90 Å². The summed E-state index contributed by atoms with van der Waals surface area (Å²) in [4.78, 5) is 32.8. The molecule has 2 aromatic carbocycles. The molecule has 28 heavy (non-hydrogen) atoms. The number of rotatable bonds is 4. The number of amides is 1. The SMILES string of the molecule is Cc1ccccc1-n1c(SC(C)C(=O)N2CCCC2)nc2ccccc2c1=O. The number of carbonyl (C=O) groups is 1. The fourth-order valence-electron chi connectivity index (χ4n) is 3.62. The first-order chi connectivity index (χ1) is 13.6. The van der Waals surface area contributed by atoms with Gasteiger partial charge in [0.2, 0.25) is 5.91 Å². The fourth-order valence-corrected chi connectivity index (χ4v) is 4.63. The Bertz CT molecular complexity index is 1090. The second kappa shape index (κ2) is 7.80. The minimum Gasteiger partial charge on any atom is -0.342 e. The Kier molecular flexibility index (Phi) is 5.22. The van der Waals surface area contributed by atoms with Crippen LogP contribution in [0, 0.1) is 6.92 Å². The zero-order valence-corrected chi connectivity index (χ0v) is 16.9. The topological polar surface area (TPSA) is 55.2 Å². The third kappa shape index (κ3) is 3.44. The van der Waals surface area contributed by atoms with Gasteiger partial charge in [-0.2, -0.15) is 0 Å². The van der Waals surface area contributed by atoms with Crippen LogP contribution in [0.15, 0.2) is 58.5 Å². The number of carbonyl (C=O) groups excluding carboxylic acids is 1. The Morgan fingerprint density at radius 3 is 2.50 bits per heavy atom. The average molecular weight is 394 g/mol. The Balaban J connectivity index is 1.82. The lowest BCUT2D eigenvalue weighted by molar-refractivity contribution is -0.129. The van der Waals surface area contributed by atoms with Crippen molar-refractivity contribution in [1.82, 2.24) is 14.5 Å². The summed E-state index contributed by atoms with van der Waals surface area (Å²) in [6, 6.07) is 15.1. The maximum absolute atomic E-state index is 13.3. The Morgan fingerprint density at radius 1 is 1.07 bits per heavy atom. The lowest BCUT2D eigenvalue weighted by Gasteiger charge is -2.21. The van der Waals surface area contributed by atoms with Gasteiger partial charge in [0.25, 0.3) is 5.56 Å². The molecule has 144 valence electrons. The molecule has 0 saturated carbocycles. The first-order valence-corrected chi connectivity index (χ1v) is 10.5. The summed E-state index contributed by atoms with van der Waals surface area (Å²) in [6.07, 6.45) is 2.12. The van der Waals surface area contributed by atoms with Crippen LogP contribution in [-0.4, -0.2) is 38.7 Å². The van der Waals surface area contributed by atoms with E-state index < -0.39 is 0 Å². The quantitative estimate of drug-likeness (QED) is 0.500. The summed E-state index contributed by atoms with van der Waals surface area (Å²) >= 11 is 1.36. The second-order valence-corrected chi connectivity index (χ2v) is 8.44. The maximum atomic E-state index is 13.3. The van der Waals surface area contributed by atoms with E-state index in [9.17, 15) is 9.59 Å². The Labute approximate surface area is 168 Å². The van der Waals surface area contributed by atoms with Crippen molar-refractivity contribution < 1.29 is 4.79 Å². The molecule has 0 bridgehead atoms. The summed E-state index contributed by atoms with van der Waals surface area (Å²) in [5, 5.41) is 0.827. The van der Waals surface area contributed by atoms with Crippen LogP contribution in [0.3, 0.4) is 0 Å². The van der Waals surface area contributed by atoms with Crippen LogP contribution in [0.2, 0.25) is 0 Å². The monoisotopic (exact) mass is 393 g/mol. The number of benzene rings is 2. The highest BCUT2D eigenvalue weighted by atomic mass is 32.2. The molecule has 2 heterocycles. The number of fused-ring (bicyclic) bond motifs is 1. The summed E-state index contributed by atoms with van der Waals surface area (Å²) in [5.74, 6) is 0.112. The van der Waals surface area contributed by atoms with E-state index in [0.29, 0.717) is 16.1 Å². The molecule has 0 spiro atoms. The van der Waals surface area contributed by atoms with Gasteiger partial charge in [-0.25, -0.2) is 4.98 Å². The third-order valence-electron chi connectivity index (χ3n) is 5.15. The number of hydrogen-bond acceptors (Lipinski definition) is 4. The van der Waals surface area contributed by atoms with Gasteiger partial charge in [0.15, 0.2) is 5.16 Å². The maximum Gasteiger partial charge on any atom is 0.266 e. The van der Waals surface area contributed by atoms with Crippen LogP contribution in [0.1, 0.15) is 25.3 Å². The van der Waals surface area contributed by atoms with Crippen molar-refractivity contribution >= 4 is 28.6 Å². The number of nitrogens with zero attached hydrogens (tertiary/aromatic N) is 3. The fraction of sp³-hybridized carbons (Fsp3) is 0.318. The molecule has 4 rings (SSSR count). The van der Waals surface area contributed by atoms with E-state index in [1.165, 1.54) is 11.8 Å². The summed E-state index contributed by atoms with van der Waals surface area (Å²) < 4.78 is 1.65. The Morgan fingerprint density at radius 2 is 1.75 bits per heavy atom. The van der Waals surface area contributed by atoms with Gasteiger partial charge in [-0.05, 0) is 50.5 Å². The minimum atomic E-state index is -0.304. The van der Waals surface area contributed by atoms with Crippen LogP contribution in [0.25, 0.3) is 16.6 Å². The van der Waals surface area contributed by atoms with E-state index in [4.69, 9.17) is 4.98 Å². The van der Waals surface area contributed by atoms with Gasteiger partial charge >= 0.3 is 0 Å². The summed E-state index contributed by atoms with van der Waals surface area (Å²) in [6.45, 7) is 5.51. The normalized spacial score (nSPS) is 15.1. The van der Waals surface area contributed by atoms with Gasteiger partial charge in [0.1, 0.15) is 0 Å². The average Bonchev–Trinajstić information content (AvgIpc) is 3.23. The first kappa shape index (κ1) is 18.7. The van der Waals surface area contributed by atoms with Crippen molar-refractivity contribution in [3.8, 4) is 5.69 Å². The smallest absolute Gasteiger partial charge is 0.266 e. The molecule has 1 saturated heterocycles. The predicted molar refractivity (Wildman–Crippen MR) is 113 cm³/mol. The number of likely N-dealkylation sites (tertiary alicyclic amines) is 1. The Hall–Kier alpha value is -2.60. The molecule has 1 fully saturated rings. The van der Waals surface area contributed by atoms with Crippen LogP contribution in [0.4, 0.5) is 0 Å². The van der Waals surface area contributed by atoms with Crippen LogP contribution < -0.4 is 5.56 Å². The molecular weight excluding hydrogens is 370 g/mol. The summed E-state index contributed by atoms with van der Waals surface area (Å²) in [7, 11) is 0. The molecule has 6 heteroatoms. The van der Waals surface area contributed by atoms with E-state index in [0.717, 1.165) is 37.2 Å². The van der Waals surface area contributed by atoms with E-state index in [1.807, 2.05) is 61.2 Å². The number of aryl methyl sites for hydroxylation is 1. The molecule has 5 nitrogen and oxygen atoms in total. The van der Waals surface area contributed by atoms with Crippen molar-refractivity contribution in [3.05, 3.63) is 64.4 Å². The van der Waals surface area contributed by atoms with Crippen molar-refractivity contribution in [1.29, 1.82) is 0 Å².